The molecule has 106 valence electrons. The van der Waals surface area contributed by atoms with Gasteiger partial charge in [0.15, 0.2) is 0 Å². The van der Waals surface area contributed by atoms with Gasteiger partial charge >= 0.3 is 0 Å². The van der Waals surface area contributed by atoms with Crippen molar-refractivity contribution < 1.29 is 4.79 Å². The Kier molecular flexibility index (Phi) is 4.75. The van der Waals surface area contributed by atoms with Crippen molar-refractivity contribution in [1.29, 1.82) is 5.26 Å². The summed E-state index contributed by atoms with van der Waals surface area (Å²) in [7, 11) is 0. The smallest absolute Gasteiger partial charge is 0.241 e. The van der Waals surface area contributed by atoms with Gasteiger partial charge in [-0.25, -0.2) is 0 Å². The number of piperidine rings is 1. The molecule has 0 aromatic heterocycles. The number of nitrogens with zero attached hydrogens (tertiary/aromatic N) is 2. The second-order valence-electron chi connectivity index (χ2n) is 5.58. The van der Waals surface area contributed by atoms with Crippen LogP contribution in [0.1, 0.15) is 32.3 Å². The highest BCUT2D eigenvalue weighted by Crippen LogP contribution is 2.19. The number of carbonyl (C=O) groups is 1. The molecule has 0 radical (unpaired) electrons. The Morgan fingerprint density at radius 1 is 1.45 bits per heavy atom. The van der Waals surface area contributed by atoms with Gasteiger partial charge in [0, 0.05) is 5.69 Å². The van der Waals surface area contributed by atoms with Gasteiger partial charge in [-0.3, -0.25) is 9.69 Å². The molecule has 4 nitrogen and oxygen atoms in total. The van der Waals surface area contributed by atoms with Crippen molar-refractivity contribution in [3.8, 4) is 6.07 Å². The van der Waals surface area contributed by atoms with Crippen LogP contribution < -0.4 is 5.32 Å². The molecule has 0 saturated carbocycles. The molecule has 1 aromatic carbocycles. The zero-order valence-corrected chi connectivity index (χ0v) is 12.1. The minimum absolute atomic E-state index is 0.00496. The Morgan fingerprint density at radius 2 is 2.15 bits per heavy atom. The van der Waals surface area contributed by atoms with Crippen LogP contribution in [-0.4, -0.2) is 29.9 Å². The summed E-state index contributed by atoms with van der Waals surface area (Å²) in [6.45, 7) is 6.16. The third kappa shape index (κ3) is 3.58. The van der Waals surface area contributed by atoms with Crippen molar-refractivity contribution in [2.24, 2.45) is 5.92 Å². The minimum Gasteiger partial charge on any atom is -0.325 e. The maximum absolute atomic E-state index is 12.3. The van der Waals surface area contributed by atoms with Gasteiger partial charge in [0.25, 0.3) is 0 Å². The normalized spacial score (nSPS) is 18.2. The summed E-state index contributed by atoms with van der Waals surface area (Å²) in [5.41, 5.74) is 1.24. The number of amides is 1. The van der Waals surface area contributed by atoms with Crippen molar-refractivity contribution >= 4 is 11.6 Å². The fourth-order valence-corrected chi connectivity index (χ4v) is 2.49. The van der Waals surface area contributed by atoms with Gasteiger partial charge < -0.3 is 5.32 Å². The number of nitrogens with one attached hydrogen (secondary N) is 1. The Morgan fingerprint density at radius 3 is 2.80 bits per heavy atom. The van der Waals surface area contributed by atoms with E-state index in [0.29, 0.717) is 11.3 Å². The van der Waals surface area contributed by atoms with Gasteiger partial charge in [-0.05, 0) is 57.0 Å². The van der Waals surface area contributed by atoms with Crippen molar-refractivity contribution in [2.75, 3.05) is 18.4 Å². The summed E-state index contributed by atoms with van der Waals surface area (Å²) in [5, 5.41) is 11.8. The quantitative estimate of drug-likeness (QED) is 0.919. The molecule has 2 rings (SSSR count). The van der Waals surface area contributed by atoms with E-state index < -0.39 is 0 Å². The number of rotatable bonds is 3. The molecule has 20 heavy (non-hydrogen) atoms. The lowest BCUT2D eigenvalue weighted by Crippen LogP contribution is -2.45. The molecule has 1 unspecified atom stereocenters. The first kappa shape index (κ1) is 14.5. The van der Waals surface area contributed by atoms with Crippen LogP contribution in [-0.2, 0) is 4.79 Å². The second kappa shape index (κ2) is 6.53. The zero-order chi connectivity index (χ0) is 14.5. The van der Waals surface area contributed by atoms with E-state index in [2.05, 4.69) is 23.2 Å². The van der Waals surface area contributed by atoms with Crippen LogP contribution in [0.4, 0.5) is 5.69 Å². The average Bonchev–Trinajstić information content (AvgIpc) is 2.47. The molecule has 0 spiro atoms. The molecule has 1 saturated heterocycles. The highest BCUT2D eigenvalue weighted by Gasteiger charge is 2.24. The van der Waals surface area contributed by atoms with E-state index in [9.17, 15) is 4.79 Å². The number of anilines is 1. The molecule has 1 aliphatic heterocycles. The van der Waals surface area contributed by atoms with E-state index in [1.807, 2.05) is 13.0 Å². The van der Waals surface area contributed by atoms with Gasteiger partial charge in [0.2, 0.25) is 5.91 Å². The van der Waals surface area contributed by atoms with Crippen molar-refractivity contribution in [1.82, 2.24) is 4.90 Å². The average molecular weight is 271 g/mol. The Bertz CT molecular complexity index is 513. The monoisotopic (exact) mass is 271 g/mol. The summed E-state index contributed by atoms with van der Waals surface area (Å²) in [6.07, 6.45) is 2.31. The number of benzene rings is 1. The Labute approximate surface area is 120 Å². The fourth-order valence-electron chi connectivity index (χ4n) is 2.49. The molecular weight excluding hydrogens is 250 g/mol. The summed E-state index contributed by atoms with van der Waals surface area (Å²) < 4.78 is 0. The minimum atomic E-state index is -0.131. The molecule has 1 amide bonds. The maximum Gasteiger partial charge on any atom is 0.241 e. The second-order valence-corrected chi connectivity index (χ2v) is 5.58. The maximum atomic E-state index is 12.3. The van der Waals surface area contributed by atoms with Gasteiger partial charge in [-0.15, -0.1) is 0 Å². The van der Waals surface area contributed by atoms with Crippen molar-refractivity contribution in [3.63, 3.8) is 0 Å². The molecule has 1 N–H and O–H groups in total. The van der Waals surface area contributed by atoms with E-state index in [1.165, 1.54) is 0 Å². The molecular formula is C16H21N3O. The van der Waals surface area contributed by atoms with Gasteiger partial charge in [-0.2, -0.15) is 5.26 Å². The molecule has 1 heterocycles. The molecule has 4 heteroatoms. The van der Waals surface area contributed by atoms with Crippen molar-refractivity contribution in [2.45, 2.75) is 32.7 Å². The van der Waals surface area contributed by atoms with Crippen LogP contribution in [0, 0.1) is 17.2 Å². The van der Waals surface area contributed by atoms with Gasteiger partial charge in [0.1, 0.15) is 0 Å². The van der Waals surface area contributed by atoms with Crippen LogP contribution >= 0.6 is 0 Å². The Balaban J connectivity index is 1.95. The number of carbonyl (C=O) groups excluding carboxylic acids is 1. The number of hydrogen-bond donors (Lipinski definition) is 1. The lowest BCUT2D eigenvalue weighted by Gasteiger charge is -2.34. The molecule has 0 bridgehead atoms. The predicted octanol–water partition coefficient (Wildman–Crippen LogP) is 2.62. The van der Waals surface area contributed by atoms with Crippen LogP contribution in [0.2, 0.25) is 0 Å². The van der Waals surface area contributed by atoms with E-state index in [1.54, 1.807) is 18.2 Å². The predicted molar refractivity (Wildman–Crippen MR) is 79.2 cm³/mol. The largest absolute Gasteiger partial charge is 0.325 e. The third-order valence-electron chi connectivity index (χ3n) is 4.00. The van der Waals surface area contributed by atoms with Crippen LogP contribution in [0.3, 0.4) is 0 Å². The lowest BCUT2D eigenvalue weighted by atomic mass is 9.98. The van der Waals surface area contributed by atoms with Gasteiger partial charge in [-0.1, -0.05) is 13.0 Å². The lowest BCUT2D eigenvalue weighted by molar-refractivity contribution is -0.121. The third-order valence-corrected chi connectivity index (χ3v) is 4.00. The first-order valence-electron chi connectivity index (χ1n) is 7.15. The van der Waals surface area contributed by atoms with Crippen LogP contribution in [0.5, 0.6) is 0 Å². The van der Waals surface area contributed by atoms with Gasteiger partial charge in [0.05, 0.1) is 17.7 Å². The first-order valence-corrected chi connectivity index (χ1v) is 7.15. The number of hydrogen-bond acceptors (Lipinski definition) is 3. The number of likely N-dealkylation sites (tertiary alicyclic amines) is 1. The van der Waals surface area contributed by atoms with E-state index in [4.69, 9.17) is 5.26 Å². The fraction of sp³-hybridized carbons (Fsp3) is 0.500. The standard InChI is InChI=1S/C16H21N3O/c1-12-6-8-19(9-7-12)13(2)16(20)18-15-5-3-4-14(10-15)11-17/h3-5,10,12-13H,6-9H2,1-2H3,(H,18,20). The SMILES string of the molecule is CC1CCN(C(C)C(=O)Nc2cccc(C#N)c2)CC1. The summed E-state index contributed by atoms with van der Waals surface area (Å²) in [5.74, 6) is 0.753. The molecule has 1 atom stereocenters. The van der Waals surface area contributed by atoms with Crippen molar-refractivity contribution in [3.05, 3.63) is 29.8 Å². The molecule has 1 aromatic rings. The number of nitriles is 1. The zero-order valence-electron chi connectivity index (χ0n) is 12.1. The first-order chi connectivity index (χ1) is 9.60. The Hall–Kier alpha value is -1.86. The molecule has 1 fully saturated rings. The van der Waals surface area contributed by atoms with E-state index in [0.717, 1.165) is 31.8 Å². The van der Waals surface area contributed by atoms with E-state index >= 15 is 0 Å². The summed E-state index contributed by atoms with van der Waals surface area (Å²) in [4.78, 5) is 14.5. The van der Waals surface area contributed by atoms with E-state index in [-0.39, 0.29) is 11.9 Å². The highest BCUT2D eigenvalue weighted by molar-refractivity contribution is 5.94. The molecule has 0 aliphatic carbocycles. The topological polar surface area (TPSA) is 56.1 Å². The van der Waals surface area contributed by atoms with Crippen LogP contribution in [0.25, 0.3) is 0 Å². The summed E-state index contributed by atoms with van der Waals surface area (Å²) in [6, 6.07) is 8.96. The van der Waals surface area contributed by atoms with Crippen LogP contribution in [0.15, 0.2) is 24.3 Å². The summed E-state index contributed by atoms with van der Waals surface area (Å²) >= 11 is 0. The highest BCUT2D eigenvalue weighted by atomic mass is 16.2. The molecule has 1 aliphatic rings.